The van der Waals surface area contributed by atoms with Crippen LogP contribution in [0.15, 0.2) is 53.1 Å². The molecule has 130 valence electrons. The maximum Gasteiger partial charge on any atom is 0.264 e. The number of phenolic OH excluding ortho intramolecular Hbond substituents is 1. The van der Waals surface area contributed by atoms with Gasteiger partial charge in [-0.15, -0.1) is 11.3 Å². The Hall–Kier alpha value is -2.53. The number of carbonyl (C=O) groups is 1. The molecule has 3 rings (SSSR count). The highest BCUT2D eigenvalue weighted by Crippen LogP contribution is 2.26. The number of rotatable bonds is 6. The number of benzene rings is 1. The SMILES string of the molecule is CCc1cc(C(=O)N(Cc2ccco2)Cc2ccccc2O)sc1C. The van der Waals surface area contributed by atoms with Gasteiger partial charge in [0.25, 0.3) is 5.91 Å². The Morgan fingerprint density at radius 3 is 2.60 bits per heavy atom. The molecular formula is C20H21NO3S. The topological polar surface area (TPSA) is 53.7 Å². The molecule has 0 aliphatic rings. The average Bonchev–Trinajstić information content (AvgIpc) is 3.24. The molecule has 0 atom stereocenters. The van der Waals surface area contributed by atoms with E-state index in [0.717, 1.165) is 11.3 Å². The molecule has 0 unspecified atom stereocenters. The van der Waals surface area contributed by atoms with Gasteiger partial charge < -0.3 is 14.4 Å². The van der Waals surface area contributed by atoms with Gasteiger partial charge >= 0.3 is 0 Å². The number of thiophene rings is 1. The van der Waals surface area contributed by atoms with Crippen molar-refractivity contribution in [1.29, 1.82) is 0 Å². The minimum absolute atomic E-state index is 0.0487. The van der Waals surface area contributed by atoms with Crippen molar-refractivity contribution in [2.45, 2.75) is 33.4 Å². The molecule has 1 aromatic carbocycles. The Morgan fingerprint density at radius 2 is 1.96 bits per heavy atom. The standard InChI is InChI=1S/C20H21NO3S/c1-3-15-11-19(25-14(15)2)20(23)21(13-17-8-6-10-24-17)12-16-7-4-5-9-18(16)22/h4-11,22H,3,12-13H2,1-2H3. The molecule has 0 saturated carbocycles. The number of para-hydroxylation sites is 1. The third-order valence-electron chi connectivity index (χ3n) is 4.18. The molecule has 2 heterocycles. The lowest BCUT2D eigenvalue weighted by Crippen LogP contribution is -2.29. The van der Waals surface area contributed by atoms with Crippen LogP contribution in [0.4, 0.5) is 0 Å². The Balaban J connectivity index is 1.89. The highest BCUT2D eigenvalue weighted by molar-refractivity contribution is 7.14. The molecule has 0 bridgehead atoms. The van der Waals surface area contributed by atoms with Gasteiger partial charge in [-0.2, -0.15) is 0 Å². The van der Waals surface area contributed by atoms with E-state index in [1.54, 1.807) is 23.3 Å². The zero-order valence-electron chi connectivity index (χ0n) is 14.4. The van der Waals surface area contributed by atoms with Crippen LogP contribution in [0.3, 0.4) is 0 Å². The van der Waals surface area contributed by atoms with E-state index in [-0.39, 0.29) is 11.7 Å². The van der Waals surface area contributed by atoms with Crippen LogP contribution >= 0.6 is 11.3 Å². The number of carbonyl (C=O) groups excluding carboxylic acids is 1. The summed E-state index contributed by atoms with van der Waals surface area (Å²) in [4.78, 5) is 16.7. The molecule has 0 aliphatic carbocycles. The van der Waals surface area contributed by atoms with E-state index < -0.39 is 0 Å². The van der Waals surface area contributed by atoms with Crippen LogP contribution < -0.4 is 0 Å². The predicted octanol–water partition coefficient (Wildman–Crippen LogP) is 4.76. The van der Waals surface area contributed by atoms with Crippen LogP contribution in [-0.2, 0) is 19.5 Å². The van der Waals surface area contributed by atoms with Gasteiger partial charge in [0.2, 0.25) is 0 Å². The van der Waals surface area contributed by atoms with Crippen molar-refractivity contribution >= 4 is 17.2 Å². The summed E-state index contributed by atoms with van der Waals surface area (Å²) in [7, 11) is 0. The molecule has 4 nitrogen and oxygen atoms in total. The molecule has 0 radical (unpaired) electrons. The zero-order valence-corrected chi connectivity index (χ0v) is 15.2. The van der Waals surface area contributed by atoms with Crippen molar-refractivity contribution in [3.63, 3.8) is 0 Å². The highest BCUT2D eigenvalue weighted by atomic mass is 32.1. The summed E-state index contributed by atoms with van der Waals surface area (Å²) in [5, 5.41) is 10.1. The van der Waals surface area contributed by atoms with Crippen LogP contribution in [0.2, 0.25) is 0 Å². The number of aryl methyl sites for hydroxylation is 2. The maximum absolute atomic E-state index is 13.1. The summed E-state index contributed by atoms with van der Waals surface area (Å²) in [5.41, 5.74) is 1.92. The zero-order chi connectivity index (χ0) is 17.8. The van der Waals surface area contributed by atoms with Gasteiger partial charge in [0.05, 0.1) is 24.2 Å². The minimum Gasteiger partial charge on any atom is -0.508 e. The second-order valence-corrected chi connectivity index (χ2v) is 7.17. The molecule has 2 aromatic heterocycles. The Bertz CT molecular complexity index is 852. The van der Waals surface area contributed by atoms with Crippen LogP contribution in [0.5, 0.6) is 5.75 Å². The van der Waals surface area contributed by atoms with Crippen molar-refractivity contribution in [3.05, 3.63) is 75.4 Å². The van der Waals surface area contributed by atoms with Gasteiger partial charge in [-0.05, 0) is 43.2 Å². The first-order valence-electron chi connectivity index (χ1n) is 8.26. The van der Waals surface area contributed by atoms with Crippen LogP contribution in [0.1, 0.15) is 38.4 Å². The summed E-state index contributed by atoms with van der Waals surface area (Å²) in [5.74, 6) is 0.858. The number of nitrogens with zero attached hydrogens (tertiary/aromatic N) is 1. The Kier molecular flexibility index (Phi) is 5.24. The molecule has 1 amide bonds. The molecule has 25 heavy (non-hydrogen) atoms. The number of furan rings is 1. The lowest BCUT2D eigenvalue weighted by molar-refractivity contribution is 0.0721. The van der Waals surface area contributed by atoms with Crippen molar-refractivity contribution in [3.8, 4) is 5.75 Å². The van der Waals surface area contributed by atoms with Crippen molar-refractivity contribution < 1.29 is 14.3 Å². The Morgan fingerprint density at radius 1 is 1.16 bits per heavy atom. The smallest absolute Gasteiger partial charge is 0.264 e. The molecule has 5 heteroatoms. The van der Waals surface area contributed by atoms with Crippen molar-refractivity contribution in [2.75, 3.05) is 0 Å². The van der Waals surface area contributed by atoms with E-state index in [1.807, 2.05) is 37.3 Å². The number of hydrogen-bond donors (Lipinski definition) is 1. The fourth-order valence-corrected chi connectivity index (χ4v) is 3.85. The second-order valence-electron chi connectivity index (χ2n) is 5.91. The van der Waals surface area contributed by atoms with Gasteiger partial charge in [-0.3, -0.25) is 4.79 Å². The van der Waals surface area contributed by atoms with Crippen molar-refractivity contribution in [2.24, 2.45) is 0 Å². The average molecular weight is 355 g/mol. The first-order chi connectivity index (χ1) is 12.1. The molecule has 3 aromatic rings. The van der Waals surface area contributed by atoms with Gasteiger partial charge in [-0.1, -0.05) is 25.1 Å². The van der Waals surface area contributed by atoms with E-state index >= 15 is 0 Å². The second kappa shape index (κ2) is 7.57. The van der Waals surface area contributed by atoms with E-state index in [0.29, 0.717) is 24.4 Å². The largest absolute Gasteiger partial charge is 0.508 e. The third kappa shape index (κ3) is 3.94. The molecule has 0 saturated heterocycles. The quantitative estimate of drug-likeness (QED) is 0.693. The molecule has 0 spiro atoms. The fraction of sp³-hybridized carbons (Fsp3) is 0.250. The number of aromatic hydroxyl groups is 1. The van der Waals surface area contributed by atoms with Crippen LogP contribution in [0.25, 0.3) is 0 Å². The highest BCUT2D eigenvalue weighted by Gasteiger charge is 2.21. The van der Waals surface area contributed by atoms with Gasteiger partial charge in [0, 0.05) is 10.4 Å². The lowest BCUT2D eigenvalue weighted by atomic mass is 10.1. The molecule has 0 fully saturated rings. The third-order valence-corrected chi connectivity index (χ3v) is 5.26. The fourth-order valence-electron chi connectivity index (χ4n) is 2.77. The summed E-state index contributed by atoms with van der Waals surface area (Å²) in [6.45, 7) is 4.81. The monoisotopic (exact) mass is 355 g/mol. The molecular weight excluding hydrogens is 334 g/mol. The van der Waals surface area contributed by atoms with Crippen molar-refractivity contribution in [1.82, 2.24) is 4.90 Å². The molecule has 0 aliphatic heterocycles. The normalized spacial score (nSPS) is 10.8. The van der Waals surface area contributed by atoms with Gasteiger partial charge in [0.15, 0.2) is 0 Å². The summed E-state index contributed by atoms with van der Waals surface area (Å²) < 4.78 is 5.42. The van der Waals surface area contributed by atoms with Crippen LogP contribution in [-0.4, -0.2) is 15.9 Å². The van der Waals surface area contributed by atoms with Gasteiger partial charge in [0.1, 0.15) is 11.5 Å². The van der Waals surface area contributed by atoms with E-state index in [4.69, 9.17) is 4.42 Å². The first kappa shape index (κ1) is 17.3. The maximum atomic E-state index is 13.1. The van der Waals surface area contributed by atoms with Gasteiger partial charge in [-0.25, -0.2) is 0 Å². The minimum atomic E-state index is -0.0487. The van der Waals surface area contributed by atoms with Crippen LogP contribution in [0, 0.1) is 6.92 Å². The number of amides is 1. The number of phenols is 1. The summed E-state index contributed by atoms with van der Waals surface area (Å²) in [6, 6.07) is 12.7. The van der Waals surface area contributed by atoms with E-state index in [2.05, 4.69) is 6.92 Å². The number of hydrogen-bond acceptors (Lipinski definition) is 4. The lowest BCUT2D eigenvalue weighted by Gasteiger charge is -2.21. The Labute approximate surface area is 151 Å². The first-order valence-corrected chi connectivity index (χ1v) is 9.08. The van der Waals surface area contributed by atoms with E-state index in [1.165, 1.54) is 21.8 Å². The van der Waals surface area contributed by atoms with E-state index in [9.17, 15) is 9.90 Å². The predicted molar refractivity (Wildman–Crippen MR) is 98.8 cm³/mol. The molecule has 1 N–H and O–H groups in total. The summed E-state index contributed by atoms with van der Waals surface area (Å²) in [6.07, 6.45) is 2.51. The summed E-state index contributed by atoms with van der Waals surface area (Å²) >= 11 is 1.52.